The largest absolute Gasteiger partial charge is 0.399 e. The van der Waals surface area contributed by atoms with Crippen molar-refractivity contribution < 1.29 is 9.59 Å². The standard InChI is InChI=1S/C18H28N4O2.2ClH/c1-3-8-20-17(23)12-22-9-6-15(7-10-22)21-18(24)16-11-14(19)5-4-13(16)2;;/h4-5,11,15H,3,6-10,12,19H2,1-2H3,(H,20,23)(H,21,24);2*1H. The molecule has 0 saturated carbocycles. The second kappa shape index (κ2) is 12.0. The van der Waals surface area contributed by atoms with Crippen molar-refractivity contribution in [3.63, 3.8) is 0 Å². The number of nitrogen functional groups attached to an aromatic ring is 1. The van der Waals surface area contributed by atoms with Crippen LogP contribution < -0.4 is 16.4 Å². The molecule has 1 aliphatic heterocycles. The average molecular weight is 405 g/mol. The van der Waals surface area contributed by atoms with Gasteiger partial charge in [0.15, 0.2) is 0 Å². The molecule has 2 rings (SSSR count). The number of carbonyl (C=O) groups is 2. The predicted molar refractivity (Wildman–Crippen MR) is 110 cm³/mol. The van der Waals surface area contributed by atoms with Gasteiger partial charge >= 0.3 is 0 Å². The van der Waals surface area contributed by atoms with Gasteiger partial charge in [0.25, 0.3) is 5.91 Å². The van der Waals surface area contributed by atoms with Crippen LogP contribution >= 0.6 is 24.8 Å². The lowest BCUT2D eigenvalue weighted by molar-refractivity contribution is -0.122. The summed E-state index contributed by atoms with van der Waals surface area (Å²) in [5.74, 6) is 0.00802. The van der Waals surface area contributed by atoms with Gasteiger partial charge in [0.05, 0.1) is 6.54 Å². The van der Waals surface area contributed by atoms with Gasteiger partial charge in [-0.2, -0.15) is 0 Å². The number of piperidine rings is 1. The Bertz CT molecular complexity index is 591. The van der Waals surface area contributed by atoms with Crippen LogP contribution in [0.5, 0.6) is 0 Å². The first-order valence-corrected chi connectivity index (χ1v) is 8.65. The summed E-state index contributed by atoms with van der Waals surface area (Å²) in [6, 6.07) is 5.53. The Balaban J connectivity index is 0.00000312. The van der Waals surface area contributed by atoms with Crippen molar-refractivity contribution in [2.24, 2.45) is 0 Å². The van der Waals surface area contributed by atoms with Gasteiger partial charge < -0.3 is 16.4 Å². The minimum Gasteiger partial charge on any atom is -0.399 e. The summed E-state index contributed by atoms with van der Waals surface area (Å²) in [4.78, 5) is 26.3. The fourth-order valence-electron chi connectivity index (χ4n) is 2.91. The third-order valence-electron chi connectivity index (χ3n) is 4.37. The number of nitrogens with two attached hydrogens (primary N) is 1. The molecule has 1 aromatic rings. The maximum atomic E-state index is 12.4. The summed E-state index contributed by atoms with van der Waals surface area (Å²) in [6.07, 6.45) is 2.66. The first kappa shape index (κ1) is 24.5. The van der Waals surface area contributed by atoms with Crippen LogP contribution in [-0.2, 0) is 4.79 Å². The fraction of sp³-hybridized carbons (Fsp3) is 0.556. The highest BCUT2D eigenvalue weighted by molar-refractivity contribution is 5.96. The van der Waals surface area contributed by atoms with Crippen LogP contribution in [0.25, 0.3) is 0 Å². The quantitative estimate of drug-likeness (QED) is 0.633. The molecular weight excluding hydrogens is 375 g/mol. The van der Waals surface area contributed by atoms with Gasteiger partial charge in [-0.1, -0.05) is 13.0 Å². The highest BCUT2D eigenvalue weighted by Crippen LogP contribution is 2.15. The second-order valence-corrected chi connectivity index (χ2v) is 6.45. The molecule has 1 heterocycles. The summed E-state index contributed by atoms with van der Waals surface area (Å²) in [5, 5.41) is 5.98. The van der Waals surface area contributed by atoms with Crippen LogP contribution in [0.15, 0.2) is 18.2 Å². The van der Waals surface area contributed by atoms with E-state index in [0.29, 0.717) is 17.8 Å². The molecule has 1 aliphatic rings. The number of carbonyl (C=O) groups excluding carboxylic acids is 2. The molecule has 8 heteroatoms. The zero-order chi connectivity index (χ0) is 17.5. The Kier molecular flexibility index (Phi) is 11.3. The van der Waals surface area contributed by atoms with Crippen LogP contribution in [0, 0.1) is 6.92 Å². The van der Waals surface area contributed by atoms with Gasteiger partial charge in [0.1, 0.15) is 0 Å². The number of anilines is 1. The monoisotopic (exact) mass is 404 g/mol. The lowest BCUT2D eigenvalue weighted by atomic mass is 10.0. The first-order chi connectivity index (χ1) is 11.5. The lowest BCUT2D eigenvalue weighted by Crippen LogP contribution is -2.47. The maximum absolute atomic E-state index is 12.4. The van der Waals surface area contributed by atoms with Gasteiger partial charge in [0.2, 0.25) is 5.91 Å². The van der Waals surface area contributed by atoms with Crippen LogP contribution in [0.2, 0.25) is 0 Å². The van der Waals surface area contributed by atoms with Crippen molar-refractivity contribution in [2.75, 3.05) is 31.9 Å². The summed E-state index contributed by atoms with van der Waals surface area (Å²) in [7, 11) is 0. The summed E-state index contributed by atoms with van der Waals surface area (Å²) >= 11 is 0. The van der Waals surface area contributed by atoms with E-state index in [0.717, 1.165) is 44.5 Å². The molecular formula is C18H30Cl2N4O2. The Labute approximate surface area is 168 Å². The van der Waals surface area contributed by atoms with E-state index in [1.54, 1.807) is 12.1 Å². The summed E-state index contributed by atoms with van der Waals surface area (Å²) < 4.78 is 0. The number of likely N-dealkylation sites (tertiary alicyclic amines) is 1. The molecule has 148 valence electrons. The average Bonchev–Trinajstić information content (AvgIpc) is 2.57. The molecule has 0 bridgehead atoms. The van der Waals surface area contributed by atoms with E-state index in [1.807, 2.05) is 19.9 Å². The molecule has 6 nitrogen and oxygen atoms in total. The molecule has 1 aromatic carbocycles. The summed E-state index contributed by atoms with van der Waals surface area (Å²) in [6.45, 7) is 6.75. The molecule has 4 N–H and O–H groups in total. The zero-order valence-electron chi connectivity index (χ0n) is 15.4. The Morgan fingerprint density at radius 2 is 1.88 bits per heavy atom. The van der Waals surface area contributed by atoms with Crippen molar-refractivity contribution in [3.05, 3.63) is 29.3 Å². The maximum Gasteiger partial charge on any atom is 0.251 e. The molecule has 0 spiro atoms. The highest BCUT2D eigenvalue weighted by Gasteiger charge is 2.22. The Morgan fingerprint density at radius 3 is 2.50 bits per heavy atom. The normalized spacial score (nSPS) is 14.7. The number of amides is 2. The zero-order valence-corrected chi connectivity index (χ0v) is 17.0. The number of nitrogens with zero attached hydrogens (tertiary/aromatic N) is 1. The molecule has 26 heavy (non-hydrogen) atoms. The molecule has 1 saturated heterocycles. The third-order valence-corrected chi connectivity index (χ3v) is 4.37. The van der Waals surface area contributed by atoms with Crippen LogP contribution in [0.3, 0.4) is 0 Å². The molecule has 0 radical (unpaired) electrons. The Hall–Kier alpha value is -1.50. The van der Waals surface area contributed by atoms with E-state index in [1.165, 1.54) is 0 Å². The number of benzene rings is 1. The van der Waals surface area contributed by atoms with E-state index >= 15 is 0 Å². The van der Waals surface area contributed by atoms with Gasteiger partial charge in [-0.05, 0) is 43.9 Å². The van der Waals surface area contributed by atoms with E-state index in [-0.39, 0.29) is 42.7 Å². The molecule has 0 atom stereocenters. The number of hydrogen-bond acceptors (Lipinski definition) is 4. The highest BCUT2D eigenvalue weighted by atomic mass is 35.5. The van der Waals surface area contributed by atoms with Gasteiger partial charge in [-0.3, -0.25) is 14.5 Å². The number of aryl methyl sites for hydroxylation is 1. The van der Waals surface area contributed by atoms with Crippen molar-refractivity contribution in [3.8, 4) is 0 Å². The van der Waals surface area contributed by atoms with Crippen LogP contribution in [0.1, 0.15) is 42.1 Å². The number of rotatable bonds is 6. The fourth-order valence-corrected chi connectivity index (χ4v) is 2.91. The molecule has 0 aromatic heterocycles. The SMILES string of the molecule is CCCNC(=O)CN1CCC(NC(=O)c2cc(N)ccc2C)CC1.Cl.Cl. The van der Waals surface area contributed by atoms with E-state index in [4.69, 9.17) is 5.73 Å². The second-order valence-electron chi connectivity index (χ2n) is 6.45. The minimum absolute atomic E-state index is 0. The smallest absolute Gasteiger partial charge is 0.251 e. The molecule has 1 fully saturated rings. The number of halogens is 2. The van der Waals surface area contributed by atoms with Crippen molar-refractivity contribution in [1.82, 2.24) is 15.5 Å². The first-order valence-electron chi connectivity index (χ1n) is 8.65. The van der Waals surface area contributed by atoms with Crippen molar-refractivity contribution >= 4 is 42.3 Å². The topological polar surface area (TPSA) is 87.5 Å². The molecule has 0 aliphatic carbocycles. The predicted octanol–water partition coefficient (Wildman–Crippen LogP) is 2.14. The van der Waals surface area contributed by atoms with E-state index in [9.17, 15) is 9.59 Å². The Morgan fingerprint density at radius 1 is 1.23 bits per heavy atom. The minimum atomic E-state index is -0.0704. The van der Waals surface area contributed by atoms with Gasteiger partial charge in [-0.15, -0.1) is 24.8 Å². The van der Waals surface area contributed by atoms with Gasteiger partial charge in [0, 0.05) is 36.9 Å². The van der Waals surface area contributed by atoms with Crippen molar-refractivity contribution in [1.29, 1.82) is 0 Å². The molecule has 0 unspecified atom stereocenters. The number of hydrogen-bond donors (Lipinski definition) is 3. The van der Waals surface area contributed by atoms with Crippen LogP contribution in [0.4, 0.5) is 5.69 Å². The lowest BCUT2D eigenvalue weighted by Gasteiger charge is -2.32. The van der Waals surface area contributed by atoms with Crippen molar-refractivity contribution in [2.45, 2.75) is 39.2 Å². The van der Waals surface area contributed by atoms with E-state index < -0.39 is 0 Å². The molecule has 2 amide bonds. The van der Waals surface area contributed by atoms with Gasteiger partial charge in [-0.25, -0.2) is 0 Å². The van der Waals surface area contributed by atoms with E-state index in [2.05, 4.69) is 15.5 Å². The van der Waals surface area contributed by atoms with Crippen LogP contribution in [-0.4, -0.2) is 48.9 Å². The summed E-state index contributed by atoms with van der Waals surface area (Å²) in [5.41, 5.74) is 7.93. The number of nitrogens with one attached hydrogen (secondary N) is 2. The third kappa shape index (κ3) is 7.40.